The van der Waals surface area contributed by atoms with Gasteiger partial charge in [-0.2, -0.15) is 0 Å². The number of aliphatic hydroxyl groups is 1. The maximum Gasteiger partial charge on any atom is 0.271 e. The van der Waals surface area contributed by atoms with E-state index < -0.39 is 6.10 Å². The molecule has 1 aromatic heterocycles. The number of carbonyl (C=O) groups is 1. The number of aliphatic hydroxyl groups excluding tert-OH is 1. The molecule has 21 heavy (non-hydrogen) atoms. The van der Waals surface area contributed by atoms with Gasteiger partial charge in [-0.25, -0.2) is 9.97 Å². The minimum absolute atomic E-state index is 0.194. The molecule has 2 rings (SSSR count). The molecule has 2 heterocycles. The van der Waals surface area contributed by atoms with Crippen LogP contribution in [0.3, 0.4) is 0 Å². The second-order valence-corrected chi connectivity index (χ2v) is 5.57. The fourth-order valence-electron chi connectivity index (χ4n) is 2.23. The highest BCUT2D eigenvalue weighted by atomic mass is 35.5. The zero-order valence-electron chi connectivity index (χ0n) is 12.2. The van der Waals surface area contributed by atoms with Gasteiger partial charge in [0.2, 0.25) is 5.95 Å². The number of hydrogen-bond donors (Lipinski definition) is 2. The Morgan fingerprint density at radius 1 is 1.52 bits per heavy atom. The number of rotatable bonds is 6. The van der Waals surface area contributed by atoms with E-state index in [0.29, 0.717) is 25.3 Å². The Labute approximate surface area is 129 Å². The van der Waals surface area contributed by atoms with Gasteiger partial charge in [0.15, 0.2) is 5.69 Å². The van der Waals surface area contributed by atoms with Crippen LogP contribution in [0, 0.1) is 0 Å². The molecule has 1 atom stereocenters. The van der Waals surface area contributed by atoms with E-state index in [2.05, 4.69) is 15.3 Å². The fourth-order valence-corrected chi connectivity index (χ4v) is 2.40. The number of halogens is 1. The Morgan fingerprint density at radius 3 is 2.90 bits per heavy atom. The minimum atomic E-state index is -0.397. The molecule has 1 saturated heterocycles. The summed E-state index contributed by atoms with van der Waals surface area (Å²) < 4.78 is 0. The molecule has 1 amide bonds. The van der Waals surface area contributed by atoms with Crippen molar-refractivity contribution in [3.8, 4) is 0 Å². The van der Waals surface area contributed by atoms with Crippen LogP contribution in [0.2, 0.25) is 5.02 Å². The van der Waals surface area contributed by atoms with Crippen LogP contribution in [-0.2, 0) is 0 Å². The van der Waals surface area contributed by atoms with Gasteiger partial charge in [0, 0.05) is 19.6 Å². The zero-order chi connectivity index (χ0) is 15.2. The highest BCUT2D eigenvalue weighted by Gasteiger charge is 2.19. The van der Waals surface area contributed by atoms with Crippen molar-refractivity contribution in [3.05, 3.63) is 16.9 Å². The van der Waals surface area contributed by atoms with Gasteiger partial charge in [-0.15, -0.1) is 0 Å². The first kappa shape index (κ1) is 16.0. The number of carbonyl (C=O) groups excluding carboxylic acids is 1. The van der Waals surface area contributed by atoms with Crippen molar-refractivity contribution in [2.24, 2.45) is 0 Å². The van der Waals surface area contributed by atoms with Crippen molar-refractivity contribution in [2.45, 2.75) is 38.7 Å². The first-order valence-electron chi connectivity index (χ1n) is 7.35. The number of aromatic nitrogens is 2. The molecule has 0 aromatic carbocycles. The first-order valence-corrected chi connectivity index (χ1v) is 7.73. The average Bonchev–Trinajstić information content (AvgIpc) is 3.01. The van der Waals surface area contributed by atoms with E-state index in [4.69, 9.17) is 11.6 Å². The maximum atomic E-state index is 12.1. The van der Waals surface area contributed by atoms with Gasteiger partial charge in [0.25, 0.3) is 5.91 Å². The summed E-state index contributed by atoms with van der Waals surface area (Å²) in [4.78, 5) is 22.6. The molecule has 116 valence electrons. The molecule has 0 saturated carbocycles. The third kappa shape index (κ3) is 4.28. The van der Waals surface area contributed by atoms with Crippen molar-refractivity contribution >= 4 is 23.5 Å². The van der Waals surface area contributed by atoms with Crippen LogP contribution >= 0.6 is 11.6 Å². The number of nitrogens with zero attached hydrogens (tertiary/aromatic N) is 3. The molecule has 2 N–H and O–H groups in total. The largest absolute Gasteiger partial charge is 0.393 e. The Kier molecular flexibility index (Phi) is 5.76. The molecule has 1 aliphatic rings. The second-order valence-electron chi connectivity index (χ2n) is 5.17. The average molecular weight is 313 g/mol. The summed E-state index contributed by atoms with van der Waals surface area (Å²) in [6, 6.07) is 0. The summed E-state index contributed by atoms with van der Waals surface area (Å²) in [5, 5.41) is 12.4. The molecule has 0 bridgehead atoms. The Morgan fingerprint density at radius 2 is 2.24 bits per heavy atom. The zero-order valence-corrected chi connectivity index (χ0v) is 12.9. The van der Waals surface area contributed by atoms with Crippen LogP contribution in [0.15, 0.2) is 6.20 Å². The molecular formula is C14H21ClN4O2. The lowest BCUT2D eigenvalue weighted by molar-refractivity contribution is 0.0937. The van der Waals surface area contributed by atoms with E-state index in [1.807, 2.05) is 11.8 Å². The molecular weight excluding hydrogens is 292 g/mol. The molecule has 0 aliphatic carbocycles. The molecule has 7 heteroatoms. The van der Waals surface area contributed by atoms with Gasteiger partial charge >= 0.3 is 0 Å². The first-order chi connectivity index (χ1) is 10.1. The van der Waals surface area contributed by atoms with E-state index in [9.17, 15) is 9.90 Å². The van der Waals surface area contributed by atoms with Gasteiger partial charge < -0.3 is 15.3 Å². The quantitative estimate of drug-likeness (QED) is 0.834. The summed E-state index contributed by atoms with van der Waals surface area (Å²) in [6.45, 7) is 4.11. The van der Waals surface area contributed by atoms with Crippen LogP contribution in [0.1, 0.15) is 43.1 Å². The lowest BCUT2D eigenvalue weighted by Gasteiger charge is -2.16. The van der Waals surface area contributed by atoms with Gasteiger partial charge in [-0.05, 0) is 25.7 Å². The Balaban J connectivity index is 2.00. The molecule has 1 unspecified atom stereocenters. The van der Waals surface area contributed by atoms with E-state index in [1.54, 1.807) is 0 Å². The fraction of sp³-hybridized carbons (Fsp3) is 0.643. The van der Waals surface area contributed by atoms with Crippen molar-refractivity contribution in [1.82, 2.24) is 15.3 Å². The SMILES string of the molecule is CCC(O)CCNC(=O)c1nc(N2CCCC2)ncc1Cl. The van der Waals surface area contributed by atoms with Gasteiger partial charge in [-0.3, -0.25) is 4.79 Å². The summed E-state index contributed by atoms with van der Waals surface area (Å²) in [6.07, 6.45) is 4.49. The van der Waals surface area contributed by atoms with Crippen LogP contribution in [0.4, 0.5) is 5.95 Å². The highest BCUT2D eigenvalue weighted by molar-refractivity contribution is 6.33. The van der Waals surface area contributed by atoms with Crippen molar-refractivity contribution < 1.29 is 9.90 Å². The van der Waals surface area contributed by atoms with Crippen molar-refractivity contribution in [2.75, 3.05) is 24.5 Å². The number of amides is 1. The lowest BCUT2D eigenvalue weighted by atomic mass is 10.2. The van der Waals surface area contributed by atoms with E-state index in [-0.39, 0.29) is 16.6 Å². The van der Waals surface area contributed by atoms with E-state index in [1.165, 1.54) is 6.20 Å². The summed E-state index contributed by atoms with van der Waals surface area (Å²) in [5.41, 5.74) is 0.194. The summed E-state index contributed by atoms with van der Waals surface area (Å²) >= 11 is 6.01. The maximum absolute atomic E-state index is 12.1. The van der Waals surface area contributed by atoms with Crippen LogP contribution in [-0.4, -0.2) is 46.7 Å². The number of nitrogens with one attached hydrogen (secondary N) is 1. The normalized spacial score (nSPS) is 16.0. The lowest BCUT2D eigenvalue weighted by Crippen LogP contribution is -2.29. The van der Waals surface area contributed by atoms with Gasteiger partial charge in [0.1, 0.15) is 0 Å². The molecule has 0 radical (unpaired) electrons. The summed E-state index contributed by atoms with van der Waals surface area (Å²) in [5.74, 6) is 0.224. The molecule has 1 fully saturated rings. The van der Waals surface area contributed by atoms with Crippen LogP contribution in [0.5, 0.6) is 0 Å². The summed E-state index contributed by atoms with van der Waals surface area (Å²) in [7, 11) is 0. The number of anilines is 1. The third-order valence-corrected chi connectivity index (χ3v) is 3.85. The highest BCUT2D eigenvalue weighted by Crippen LogP contribution is 2.19. The topological polar surface area (TPSA) is 78.3 Å². The predicted octanol–water partition coefficient (Wildman–Crippen LogP) is 1.62. The van der Waals surface area contributed by atoms with Crippen LogP contribution < -0.4 is 10.2 Å². The Hall–Kier alpha value is -1.40. The smallest absolute Gasteiger partial charge is 0.271 e. The van der Waals surface area contributed by atoms with E-state index >= 15 is 0 Å². The van der Waals surface area contributed by atoms with Crippen molar-refractivity contribution in [1.29, 1.82) is 0 Å². The number of hydrogen-bond acceptors (Lipinski definition) is 5. The molecule has 1 aromatic rings. The molecule has 6 nitrogen and oxygen atoms in total. The third-order valence-electron chi connectivity index (χ3n) is 3.57. The molecule has 0 spiro atoms. The van der Waals surface area contributed by atoms with Crippen LogP contribution in [0.25, 0.3) is 0 Å². The van der Waals surface area contributed by atoms with E-state index in [0.717, 1.165) is 25.9 Å². The van der Waals surface area contributed by atoms with Crippen molar-refractivity contribution in [3.63, 3.8) is 0 Å². The molecule has 1 aliphatic heterocycles. The standard InChI is InChI=1S/C14H21ClN4O2/c1-2-10(20)5-6-16-13(21)12-11(15)9-17-14(18-12)19-7-3-4-8-19/h9-10,20H,2-8H2,1H3,(H,16,21). The second kappa shape index (κ2) is 7.56. The predicted molar refractivity (Wildman–Crippen MR) is 81.7 cm³/mol. The van der Waals surface area contributed by atoms with Gasteiger partial charge in [-0.1, -0.05) is 18.5 Å². The minimum Gasteiger partial charge on any atom is -0.393 e. The van der Waals surface area contributed by atoms with Gasteiger partial charge in [0.05, 0.1) is 17.3 Å². The Bertz CT molecular complexity index is 492. The monoisotopic (exact) mass is 312 g/mol.